The molecule has 8 heteroatoms. The summed E-state index contributed by atoms with van der Waals surface area (Å²) >= 11 is 0. The number of ketones is 1. The van der Waals surface area contributed by atoms with Crippen LogP contribution in [0.4, 0.5) is 0 Å². The number of ether oxygens (including phenoxy) is 5. The lowest BCUT2D eigenvalue weighted by Crippen LogP contribution is -2.36. The van der Waals surface area contributed by atoms with Gasteiger partial charge in [-0.1, -0.05) is 6.07 Å². The molecule has 4 rings (SSSR count). The highest BCUT2D eigenvalue weighted by atomic mass is 16.5. The molecule has 0 radical (unpaired) electrons. The van der Waals surface area contributed by atoms with Crippen molar-refractivity contribution < 1.29 is 33.3 Å². The zero-order valence-electron chi connectivity index (χ0n) is 22.1. The monoisotopic (exact) mass is 507 g/mol. The van der Waals surface area contributed by atoms with Gasteiger partial charge in [-0.15, -0.1) is 0 Å². The Bertz CT molecular complexity index is 1280. The Morgan fingerprint density at radius 1 is 0.919 bits per heavy atom. The Hall–Kier alpha value is -3.94. The van der Waals surface area contributed by atoms with Crippen LogP contribution in [-0.4, -0.2) is 46.8 Å². The summed E-state index contributed by atoms with van der Waals surface area (Å²) in [7, 11) is 6.33. The Labute approximate surface area is 217 Å². The van der Waals surface area contributed by atoms with E-state index >= 15 is 0 Å². The predicted molar refractivity (Wildman–Crippen MR) is 138 cm³/mol. The number of hydrogen-bond donors (Lipinski definition) is 1. The van der Waals surface area contributed by atoms with E-state index < -0.39 is 11.9 Å². The van der Waals surface area contributed by atoms with Crippen molar-refractivity contribution in [2.45, 2.75) is 38.5 Å². The van der Waals surface area contributed by atoms with E-state index in [1.54, 1.807) is 47.5 Å². The summed E-state index contributed by atoms with van der Waals surface area (Å²) < 4.78 is 27.4. The maximum atomic E-state index is 13.9. The topological polar surface area (TPSA) is 92.3 Å². The van der Waals surface area contributed by atoms with Gasteiger partial charge in [-0.25, -0.2) is 4.79 Å². The van der Waals surface area contributed by atoms with Gasteiger partial charge in [-0.3, -0.25) is 4.79 Å². The number of carbonyl (C=O) groups is 2. The second-order valence-corrected chi connectivity index (χ2v) is 8.96. The highest BCUT2D eigenvalue weighted by Crippen LogP contribution is 2.48. The van der Waals surface area contributed by atoms with Gasteiger partial charge in [-0.2, -0.15) is 0 Å². The van der Waals surface area contributed by atoms with E-state index in [2.05, 4.69) is 5.32 Å². The second-order valence-electron chi connectivity index (χ2n) is 8.96. The second kappa shape index (κ2) is 11.0. The third kappa shape index (κ3) is 4.88. The number of Topliss-reactive ketones (excluding diaryl/α,β-unsaturated/α-hetero) is 1. The molecule has 196 valence electrons. The Balaban J connectivity index is 1.84. The van der Waals surface area contributed by atoms with Gasteiger partial charge in [0.1, 0.15) is 11.5 Å². The van der Waals surface area contributed by atoms with Crippen LogP contribution >= 0.6 is 0 Å². The average molecular weight is 508 g/mol. The molecule has 1 aliphatic carbocycles. The van der Waals surface area contributed by atoms with Gasteiger partial charge >= 0.3 is 5.97 Å². The summed E-state index contributed by atoms with van der Waals surface area (Å²) in [6, 6.07) is 11.1. The minimum atomic E-state index is -0.654. The number of rotatable bonds is 8. The summed E-state index contributed by atoms with van der Waals surface area (Å²) in [6.45, 7) is 3.81. The van der Waals surface area contributed by atoms with Crippen molar-refractivity contribution in [2.24, 2.45) is 0 Å². The summed E-state index contributed by atoms with van der Waals surface area (Å²) in [5.41, 5.74) is 4.04. The van der Waals surface area contributed by atoms with E-state index in [0.29, 0.717) is 51.8 Å². The van der Waals surface area contributed by atoms with Gasteiger partial charge in [0.05, 0.1) is 46.5 Å². The van der Waals surface area contributed by atoms with Crippen molar-refractivity contribution in [3.05, 3.63) is 70.1 Å². The van der Waals surface area contributed by atoms with Crippen molar-refractivity contribution in [2.75, 3.05) is 35.0 Å². The van der Waals surface area contributed by atoms with Gasteiger partial charge in [0, 0.05) is 29.0 Å². The van der Waals surface area contributed by atoms with Crippen molar-refractivity contribution in [1.82, 2.24) is 5.32 Å². The maximum absolute atomic E-state index is 13.9. The molecule has 0 unspecified atom stereocenters. The maximum Gasteiger partial charge on any atom is 0.336 e. The van der Waals surface area contributed by atoms with E-state index in [1.807, 2.05) is 31.2 Å². The highest BCUT2D eigenvalue weighted by molar-refractivity contribution is 6.04. The molecule has 0 spiro atoms. The van der Waals surface area contributed by atoms with Crippen molar-refractivity contribution >= 4 is 11.8 Å². The summed E-state index contributed by atoms with van der Waals surface area (Å²) in [4.78, 5) is 27.1. The molecule has 1 heterocycles. The number of methoxy groups -OCH3 is 4. The van der Waals surface area contributed by atoms with E-state index in [9.17, 15) is 9.59 Å². The fourth-order valence-corrected chi connectivity index (χ4v) is 5.24. The lowest BCUT2D eigenvalue weighted by Gasteiger charge is -2.37. The quantitative estimate of drug-likeness (QED) is 0.517. The molecule has 1 aliphatic heterocycles. The molecule has 0 amide bonds. The van der Waals surface area contributed by atoms with Crippen LogP contribution in [-0.2, 0) is 14.3 Å². The van der Waals surface area contributed by atoms with Crippen molar-refractivity contribution in [1.29, 1.82) is 0 Å². The molecule has 2 aromatic carbocycles. The third-order valence-electron chi connectivity index (χ3n) is 6.95. The fraction of sp³-hybridized carbons (Fsp3) is 0.379. The van der Waals surface area contributed by atoms with Crippen LogP contribution in [0, 0.1) is 0 Å². The average Bonchev–Trinajstić information content (AvgIpc) is 2.91. The number of dihydropyridines is 1. The normalized spacial score (nSPS) is 19.1. The molecule has 0 saturated carbocycles. The van der Waals surface area contributed by atoms with Gasteiger partial charge < -0.3 is 29.0 Å². The van der Waals surface area contributed by atoms with Crippen LogP contribution in [0.1, 0.15) is 49.7 Å². The number of carbonyl (C=O) groups excluding carboxylic acids is 2. The lowest BCUT2D eigenvalue weighted by atomic mass is 9.71. The minimum absolute atomic E-state index is 0.0438. The van der Waals surface area contributed by atoms with E-state index in [-0.39, 0.29) is 24.7 Å². The van der Waals surface area contributed by atoms with Crippen LogP contribution in [0.5, 0.6) is 23.0 Å². The molecule has 1 N–H and O–H groups in total. The SMILES string of the molecule is CCOC(=O)C1=C(C)NC2=C(C(=O)C[C@@H](c3ccc(OC)c(OC)c3)C2)[C@H]1c1cc(OC)ccc1OC. The highest BCUT2D eigenvalue weighted by Gasteiger charge is 2.42. The number of benzene rings is 2. The molecule has 2 atom stereocenters. The van der Waals surface area contributed by atoms with Crippen LogP contribution in [0.2, 0.25) is 0 Å². The molecule has 2 aliphatic rings. The Morgan fingerprint density at radius 2 is 1.62 bits per heavy atom. The first-order chi connectivity index (χ1) is 17.9. The molecule has 0 aromatic heterocycles. The summed E-state index contributed by atoms with van der Waals surface area (Å²) in [5.74, 6) is 1.17. The van der Waals surface area contributed by atoms with Crippen LogP contribution in [0.15, 0.2) is 58.9 Å². The smallest absolute Gasteiger partial charge is 0.336 e. The van der Waals surface area contributed by atoms with E-state index in [0.717, 1.165) is 11.3 Å². The zero-order chi connectivity index (χ0) is 26.7. The third-order valence-corrected chi connectivity index (χ3v) is 6.95. The Morgan fingerprint density at radius 3 is 2.27 bits per heavy atom. The van der Waals surface area contributed by atoms with Crippen LogP contribution in [0.25, 0.3) is 0 Å². The summed E-state index contributed by atoms with van der Waals surface area (Å²) in [6.07, 6.45) is 0.876. The van der Waals surface area contributed by atoms with Crippen molar-refractivity contribution in [3.8, 4) is 23.0 Å². The minimum Gasteiger partial charge on any atom is -0.497 e. The number of hydrogen-bond acceptors (Lipinski definition) is 8. The first-order valence-corrected chi connectivity index (χ1v) is 12.2. The number of esters is 1. The van der Waals surface area contributed by atoms with Gasteiger partial charge in [0.2, 0.25) is 0 Å². The predicted octanol–water partition coefficient (Wildman–Crippen LogP) is 4.65. The lowest BCUT2D eigenvalue weighted by molar-refractivity contribution is -0.138. The van der Waals surface area contributed by atoms with E-state index in [4.69, 9.17) is 23.7 Å². The summed E-state index contributed by atoms with van der Waals surface area (Å²) in [5, 5.41) is 3.36. The molecule has 0 fully saturated rings. The molecule has 37 heavy (non-hydrogen) atoms. The molecule has 0 saturated heterocycles. The molecular formula is C29H33NO7. The first-order valence-electron chi connectivity index (χ1n) is 12.2. The molecular weight excluding hydrogens is 474 g/mol. The van der Waals surface area contributed by atoms with Crippen LogP contribution < -0.4 is 24.3 Å². The first kappa shape index (κ1) is 26.1. The zero-order valence-corrected chi connectivity index (χ0v) is 22.1. The standard InChI is InChI=1S/C29H33NO7/c1-7-37-29(32)26-16(2)30-21-12-18(17-8-10-24(35-5)25(14-17)36-6)13-22(31)28(21)27(26)20-15-19(33-3)9-11-23(20)34-4/h8-11,14-15,18,27,30H,7,12-13H2,1-6H3/t18-,27-/m0/s1. The number of nitrogens with one attached hydrogen (secondary N) is 1. The van der Waals surface area contributed by atoms with Gasteiger partial charge in [-0.05, 0) is 62.1 Å². The molecule has 0 bridgehead atoms. The largest absolute Gasteiger partial charge is 0.497 e. The number of allylic oxidation sites excluding steroid dienone is 3. The fourth-order valence-electron chi connectivity index (χ4n) is 5.24. The van der Waals surface area contributed by atoms with E-state index in [1.165, 1.54) is 0 Å². The van der Waals surface area contributed by atoms with Crippen LogP contribution in [0.3, 0.4) is 0 Å². The molecule has 2 aromatic rings. The van der Waals surface area contributed by atoms with Gasteiger partial charge in [0.15, 0.2) is 17.3 Å². The van der Waals surface area contributed by atoms with Crippen molar-refractivity contribution in [3.63, 3.8) is 0 Å². The Kier molecular flexibility index (Phi) is 7.76. The molecule has 8 nitrogen and oxygen atoms in total. The van der Waals surface area contributed by atoms with Gasteiger partial charge in [0.25, 0.3) is 0 Å².